The molecule has 3 aromatic rings. The van der Waals surface area contributed by atoms with Gasteiger partial charge in [0, 0.05) is 30.4 Å². The average Bonchev–Trinajstić information content (AvgIpc) is 3.06. The standard InChI is InChI=1S/C22H23F3N2O2S/c1-16-7-5-8-18(13-16)30(28,29)27-15-17(14-22(23,24)25)21-19(9-6-10-20(21)27)26-11-3-2-4-12-26/h5-10,13,15H,2-4,11-12,14H2,1H3. The summed E-state index contributed by atoms with van der Waals surface area (Å²) in [5, 5.41) is 0.368. The monoisotopic (exact) mass is 436 g/mol. The highest BCUT2D eigenvalue weighted by atomic mass is 32.2. The Kier molecular flexibility index (Phi) is 5.30. The molecular weight excluding hydrogens is 413 g/mol. The zero-order valence-electron chi connectivity index (χ0n) is 16.6. The van der Waals surface area contributed by atoms with Gasteiger partial charge in [-0.25, -0.2) is 12.4 Å². The molecule has 0 amide bonds. The van der Waals surface area contributed by atoms with Crippen molar-refractivity contribution < 1.29 is 21.6 Å². The third-order valence-corrected chi connectivity index (χ3v) is 7.16. The Morgan fingerprint density at radius 1 is 1.00 bits per heavy atom. The first-order chi connectivity index (χ1) is 14.2. The van der Waals surface area contributed by atoms with Gasteiger partial charge in [-0.1, -0.05) is 18.2 Å². The molecule has 1 aliphatic rings. The molecule has 0 bridgehead atoms. The topological polar surface area (TPSA) is 42.3 Å². The summed E-state index contributed by atoms with van der Waals surface area (Å²) in [4.78, 5) is 2.12. The van der Waals surface area contributed by atoms with Gasteiger partial charge in [0.15, 0.2) is 0 Å². The predicted molar refractivity (Wildman–Crippen MR) is 112 cm³/mol. The van der Waals surface area contributed by atoms with Crippen LogP contribution in [0.3, 0.4) is 0 Å². The van der Waals surface area contributed by atoms with Gasteiger partial charge in [-0.15, -0.1) is 0 Å². The van der Waals surface area contributed by atoms with Gasteiger partial charge in [-0.05, 0) is 61.6 Å². The van der Waals surface area contributed by atoms with Crippen molar-refractivity contribution in [1.82, 2.24) is 3.97 Å². The quantitative estimate of drug-likeness (QED) is 0.559. The third kappa shape index (κ3) is 3.93. The van der Waals surface area contributed by atoms with E-state index in [0.29, 0.717) is 11.1 Å². The number of benzene rings is 2. The number of halogens is 3. The van der Waals surface area contributed by atoms with E-state index < -0.39 is 22.6 Å². The molecule has 30 heavy (non-hydrogen) atoms. The molecule has 2 aromatic carbocycles. The lowest BCUT2D eigenvalue weighted by molar-refractivity contribution is -0.127. The highest BCUT2D eigenvalue weighted by molar-refractivity contribution is 7.90. The van der Waals surface area contributed by atoms with Crippen molar-refractivity contribution in [2.24, 2.45) is 0 Å². The first-order valence-electron chi connectivity index (χ1n) is 9.94. The molecule has 0 aliphatic carbocycles. The second-order valence-corrected chi connectivity index (χ2v) is 9.60. The van der Waals surface area contributed by atoms with Gasteiger partial charge in [0.1, 0.15) is 0 Å². The van der Waals surface area contributed by atoms with Crippen molar-refractivity contribution in [2.45, 2.75) is 43.7 Å². The Hall–Kier alpha value is -2.48. The van der Waals surface area contributed by atoms with Gasteiger partial charge in [-0.3, -0.25) is 0 Å². The maximum atomic E-state index is 13.4. The van der Waals surface area contributed by atoms with Gasteiger partial charge in [-0.2, -0.15) is 13.2 Å². The number of aromatic nitrogens is 1. The SMILES string of the molecule is Cc1cccc(S(=O)(=O)n2cc(CC(F)(F)F)c3c(N4CCCCC4)cccc32)c1. The fourth-order valence-electron chi connectivity index (χ4n) is 4.15. The summed E-state index contributed by atoms with van der Waals surface area (Å²) >= 11 is 0. The lowest BCUT2D eigenvalue weighted by atomic mass is 10.0. The minimum absolute atomic E-state index is 0.0186. The van der Waals surface area contributed by atoms with E-state index in [2.05, 4.69) is 4.90 Å². The zero-order valence-corrected chi connectivity index (χ0v) is 17.4. The number of fused-ring (bicyclic) bond motifs is 1. The number of nitrogens with zero attached hydrogens (tertiary/aromatic N) is 2. The van der Waals surface area contributed by atoms with Crippen molar-refractivity contribution in [2.75, 3.05) is 18.0 Å². The molecule has 0 N–H and O–H groups in total. The normalized spacial score (nSPS) is 15.7. The maximum Gasteiger partial charge on any atom is 0.393 e. The van der Waals surface area contributed by atoms with E-state index in [-0.39, 0.29) is 16.0 Å². The number of alkyl halides is 3. The molecule has 0 spiro atoms. The number of piperidine rings is 1. The van der Waals surface area contributed by atoms with Crippen molar-refractivity contribution in [3.8, 4) is 0 Å². The van der Waals surface area contributed by atoms with Crippen molar-refractivity contribution >= 4 is 26.6 Å². The first kappa shape index (κ1) is 20.8. The van der Waals surface area contributed by atoms with E-state index >= 15 is 0 Å². The molecule has 1 aliphatic heterocycles. The molecule has 1 aromatic heterocycles. The highest BCUT2D eigenvalue weighted by Crippen LogP contribution is 2.37. The molecule has 0 unspecified atom stereocenters. The second kappa shape index (κ2) is 7.65. The van der Waals surface area contributed by atoms with Crippen LogP contribution in [0.5, 0.6) is 0 Å². The van der Waals surface area contributed by atoms with Crippen LogP contribution < -0.4 is 4.90 Å². The molecule has 4 nitrogen and oxygen atoms in total. The van der Waals surface area contributed by atoms with E-state index in [9.17, 15) is 21.6 Å². The molecule has 0 radical (unpaired) electrons. The van der Waals surface area contributed by atoms with Gasteiger partial charge >= 0.3 is 6.18 Å². The van der Waals surface area contributed by atoms with E-state index in [1.165, 1.54) is 12.1 Å². The summed E-state index contributed by atoms with van der Waals surface area (Å²) < 4.78 is 67.7. The van der Waals surface area contributed by atoms with Crippen LogP contribution in [0.1, 0.15) is 30.4 Å². The summed E-state index contributed by atoms with van der Waals surface area (Å²) in [7, 11) is -4.04. The van der Waals surface area contributed by atoms with Crippen LogP contribution in [-0.2, 0) is 16.4 Å². The number of hydrogen-bond donors (Lipinski definition) is 0. The van der Waals surface area contributed by atoms with Crippen LogP contribution in [0.15, 0.2) is 53.6 Å². The minimum Gasteiger partial charge on any atom is -0.371 e. The summed E-state index contributed by atoms with van der Waals surface area (Å²) in [5.74, 6) is 0. The molecule has 8 heteroatoms. The van der Waals surface area contributed by atoms with Crippen molar-refractivity contribution in [3.05, 3.63) is 59.8 Å². The second-order valence-electron chi connectivity index (χ2n) is 7.78. The summed E-state index contributed by atoms with van der Waals surface area (Å²) in [5.41, 5.74) is 1.69. The zero-order chi connectivity index (χ0) is 21.5. The van der Waals surface area contributed by atoms with E-state index in [1.54, 1.807) is 37.3 Å². The van der Waals surface area contributed by atoms with Crippen LogP contribution in [0, 0.1) is 6.92 Å². The number of hydrogen-bond acceptors (Lipinski definition) is 3. The molecule has 0 atom stereocenters. The number of aryl methyl sites for hydroxylation is 1. The summed E-state index contributed by atoms with van der Waals surface area (Å²) in [6.45, 7) is 3.27. The fourth-order valence-corrected chi connectivity index (χ4v) is 5.64. The van der Waals surface area contributed by atoms with Crippen LogP contribution in [0.25, 0.3) is 10.9 Å². The average molecular weight is 436 g/mol. The lowest BCUT2D eigenvalue weighted by Gasteiger charge is -2.29. The van der Waals surface area contributed by atoms with Crippen LogP contribution in [0.2, 0.25) is 0 Å². The molecule has 1 saturated heterocycles. The largest absolute Gasteiger partial charge is 0.393 e. The number of anilines is 1. The Balaban J connectivity index is 1.95. The smallest absolute Gasteiger partial charge is 0.371 e. The lowest BCUT2D eigenvalue weighted by Crippen LogP contribution is -2.29. The van der Waals surface area contributed by atoms with Gasteiger partial charge in [0.05, 0.1) is 16.8 Å². The Morgan fingerprint density at radius 3 is 2.37 bits per heavy atom. The third-order valence-electron chi connectivity index (χ3n) is 5.49. The molecule has 160 valence electrons. The predicted octanol–water partition coefficient (Wildman–Crippen LogP) is 5.28. The van der Waals surface area contributed by atoms with Gasteiger partial charge in [0.2, 0.25) is 0 Å². The van der Waals surface area contributed by atoms with Crippen LogP contribution >= 0.6 is 0 Å². The van der Waals surface area contributed by atoms with E-state index in [0.717, 1.165) is 48.1 Å². The fraction of sp³-hybridized carbons (Fsp3) is 0.364. The Labute approximate surface area is 174 Å². The molecule has 4 rings (SSSR count). The molecular formula is C22H23F3N2O2S. The minimum atomic E-state index is -4.44. The molecule has 0 saturated carbocycles. The maximum absolute atomic E-state index is 13.4. The Morgan fingerprint density at radius 2 is 1.70 bits per heavy atom. The van der Waals surface area contributed by atoms with Crippen LogP contribution in [0.4, 0.5) is 18.9 Å². The Bertz CT molecular complexity index is 1180. The van der Waals surface area contributed by atoms with Gasteiger partial charge < -0.3 is 4.90 Å². The van der Waals surface area contributed by atoms with Crippen molar-refractivity contribution in [3.63, 3.8) is 0 Å². The summed E-state index contributed by atoms with van der Waals surface area (Å²) in [6.07, 6.45) is -1.46. The molecule has 1 fully saturated rings. The number of rotatable bonds is 4. The van der Waals surface area contributed by atoms with Gasteiger partial charge in [0.25, 0.3) is 10.0 Å². The van der Waals surface area contributed by atoms with E-state index in [4.69, 9.17) is 0 Å². The summed E-state index contributed by atoms with van der Waals surface area (Å²) in [6, 6.07) is 11.5. The van der Waals surface area contributed by atoms with Crippen LogP contribution in [-0.4, -0.2) is 31.7 Å². The van der Waals surface area contributed by atoms with Crippen molar-refractivity contribution in [1.29, 1.82) is 0 Å². The first-order valence-corrected chi connectivity index (χ1v) is 11.4. The van der Waals surface area contributed by atoms with E-state index in [1.807, 2.05) is 0 Å². The highest BCUT2D eigenvalue weighted by Gasteiger charge is 2.32. The molecule has 2 heterocycles.